The van der Waals surface area contributed by atoms with Crippen molar-refractivity contribution in [3.63, 3.8) is 0 Å². The average Bonchev–Trinajstić information content (AvgIpc) is 1.65. The van der Waals surface area contributed by atoms with Gasteiger partial charge in [-0.3, -0.25) is 9.59 Å². The number of carbonyl (C=O) groups excluding carboxylic acids is 2. The van der Waals surface area contributed by atoms with Gasteiger partial charge in [0.1, 0.15) is 0 Å². The Balaban J connectivity index is -0.0000000383. The Labute approximate surface area is 93.9 Å². The molecule has 0 heterocycles. The Bertz CT molecular complexity index is 112. The molecule has 0 unspecified atom stereocenters. The van der Waals surface area contributed by atoms with Gasteiger partial charge in [0.15, 0.2) is 0 Å². The Hall–Kier alpha value is 0.640. The van der Waals surface area contributed by atoms with E-state index in [1.54, 1.807) is 0 Å². The number of carbonyl (C=O) groups is 2. The third kappa shape index (κ3) is 72.4. The summed E-state index contributed by atoms with van der Waals surface area (Å²) in [5.74, 6) is 0. The van der Waals surface area contributed by atoms with Gasteiger partial charge in [0.05, 0.1) is 0 Å². The maximum Gasteiger partial charge on any atom is 1.00 e. The van der Waals surface area contributed by atoms with E-state index in [1.807, 2.05) is 0 Å². The van der Waals surface area contributed by atoms with Crippen molar-refractivity contribution in [3.8, 4) is 0 Å². The first-order valence-electron chi connectivity index (χ1n) is 1.89. The second-order valence-electron chi connectivity index (χ2n) is 0.893. The smallest absolute Gasteiger partial charge is 1.00 e. The van der Waals surface area contributed by atoms with E-state index in [0.29, 0.717) is 0 Å². The van der Waals surface area contributed by atoms with Crippen molar-refractivity contribution in [1.29, 1.82) is 0 Å². The van der Waals surface area contributed by atoms with E-state index in [-0.39, 0.29) is 36.2 Å². The quantitative estimate of drug-likeness (QED) is 0.250. The van der Waals surface area contributed by atoms with Gasteiger partial charge in [0.25, 0.3) is 10.5 Å². The van der Waals surface area contributed by atoms with Crippen molar-refractivity contribution in [2.24, 2.45) is 5.73 Å². The van der Waals surface area contributed by atoms with E-state index in [9.17, 15) is 4.79 Å². The van der Waals surface area contributed by atoms with Gasteiger partial charge in [0.2, 0.25) is 0 Å². The summed E-state index contributed by atoms with van der Waals surface area (Å²) in [5.41, 5.74) is 4.34. The largest absolute Gasteiger partial charge is 1.00 e. The standard InChI is InChI=1S/C2H5NOS.CH3NOS.Na.H/c1-3-2(4)5;2-1(3)4;;/h1H3,(H2,3,4,5);(H3,2,3,4);;/q;;+1;-1. The van der Waals surface area contributed by atoms with Crippen LogP contribution in [0.15, 0.2) is 0 Å². The molecule has 0 atom stereocenters. The summed E-state index contributed by atoms with van der Waals surface area (Å²) in [7, 11) is 1.52. The first kappa shape index (κ1) is 16.9. The summed E-state index contributed by atoms with van der Waals surface area (Å²) >= 11 is 6.45. The fourth-order valence-corrected chi connectivity index (χ4v) is 0. The third-order valence-corrected chi connectivity index (χ3v) is 0.437. The monoisotopic (exact) mass is 192 g/mol. The summed E-state index contributed by atoms with van der Waals surface area (Å²) in [6.07, 6.45) is 0. The summed E-state index contributed by atoms with van der Waals surface area (Å²) in [5, 5.41) is 1.31. The fourth-order valence-electron chi connectivity index (χ4n) is 0. The molecule has 0 rings (SSSR count). The molecule has 56 valence electrons. The molecule has 0 aromatic heterocycles. The molecule has 0 saturated heterocycles. The van der Waals surface area contributed by atoms with Crippen LogP contribution in [0.5, 0.6) is 0 Å². The number of hydrogen-bond donors (Lipinski definition) is 4. The first-order valence-corrected chi connectivity index (χ1v) is 2.79. The van der Waals surface area contributed by atoms with Crippen LogP contribution in [0.4, 0.5) is 9.59 Å². The number of primary amides is 1. The minimum Gasteiger partial charge on any atom is -1.00 e. The fraction of sp³-hybridized carbons (Fsp3) is 0.333. The van der Waals surface area contributed by atoms with Gasteiger partial charge in [-0.15, -0.1) is 0 Å². The van der Waals surface area contributed by atoms with E-state index < -0.39 is 5.24 Å². The van der Waals surface area contributed by atoms with E-state index in [2.05, 4.69) is 36.3 Å². The van der Waals surface area contributed by atoms with Gasteiger partial charge in [-0.2, -0.15) is 0 Å². The maximum atomic E-state index is 9.57. The van der Waals surface area contributed by atoms with Gasteiger partial charge in [-0.1, -0.05) is 25.3 Å². The summed E-state index contributed by atoms with van der Waals surface area (Å²) in [4.78, 5) is 18.7. The number of rotatable bonds is 0. The minimum absolute atomic E-state index is 0. The van der Waals surface area contributed by atoms with Crippen molar-refractivity contribution < 1.29 is 40.6 Å². The topological polar surface area (TPSA) is 72.2 Å². The number of nitrogens with one attached hydrogen (secondary N) is 1. The molecule has 0 saturated carbocycles. The van der Waals surface area contributed by atoms with Crippen LogP contribution >= 0.6 is 25.3 Å². The predicted molar refractivity (Wildman–Crippen MR) is 43.1 cm³/mol. The molecule has 0 spiro atoms. The molecule has 0 bridgehead atoms. The predicted octanol–water partition coefficient (Wildman–Crippen LogP) is -2.63. The zero-order valence-electron chi connectivity index (χ0n) is 6.79. The van der Waals surface area contributed by atoms with Crippen LogP contribution in [0.25, 0.3) is 0 Å². The van der Waals surface area contributed by atoms with Crippen molar-refractivity contribution in [3.05, 3.63) is 0 Å². The molecule has 10 heavy (non-hydrogen) atoms. The van der Waals surface area contributed by atoms with E-state index >= 15 is 0 Å². The average molecular weight is 192 g/mol. The van der Waals surface area contributed by atoms with Crippen LogP contribution in [0, 0.1) is 0 Å². The number of amides is 2. The van der Waals surface area contributed by atoms with Gasteiger partial charge in [0, 0.05) is 7.05 Å². The van der Waals surface area contributed by atoms with Crippen LogP contribution in [0.2, 0.25) is 0 Å². The zero-order chi connectivity index (χ0) is 7.86. The maximum absolute atomic E-state index is 9.57. The Morgan fingerprint density at radius 3 is 1.60 bits per heavy atom. The molecule has 0 aliphatic rings. The van der Waals surface area contributed by atoms with E-state index in [1.165, 1.54) is 7.05 Å². The summed E-state index contributed by atoms with van der Waals surface area (Å²) in [6, 6.07) is 0. The van der Waals surface area contributed by atoms with E-state index in [4.69, 9.17) is 4.79 Å². The third-order valence-electron chi connectivity index (χ3n) is 0.214. The van der Waals surface area contributed by atoms with Gasteiger partial charge in [-0.25, -0.2) is 0 Å². The second kappa shape index (κ2) is 12.3. The molecular weight excluding hydrogens is 183 g/mol. The summed E-state index contributed by atoms with van der Waals surface area (Å²) < 4.78 is 0. The molecule has 0 aromatic rings. The zero-order valence-corrected chi connectivity index (χ0v) is 9.58. The molecule has 0 radical (unpaired) electrons. The number of nitrogens with two attached hydrogens (primary N) is 1. The van der Waals surface area contributed by atoms with Crippen molar-refractivity contribution in [2.45, 2.75) is 0 Å². The van der Waals surface area contributed by atoms with Crippen LogP contribution in [-0.2, 0) is 0 Å². The van der Waals surface area contributed by atoms with Crippen molar-refractivity contribution in [1.82, 2.24) is 5.32 Å². The molecule has 4 nitrogen and oxygen atoms in total. The van der Waals surface area contributed by atoms with Crippen LogP contribution < -0.4 is 40.6 Å². The molecule has 2 amide bonds. The molecular formula is C3H9N2NaO2S2. The Kier molecular flexibility index (Phi) is 20.9. The molecule has 3 N–H and O–H groups in total. The Morgan fingerprint density at radius 2 is 1.60 bits per heavy atom. The second-order valence-corrected chi connectivity index (χ2v) is 1.74. The van der Waals surface area contributed by atoms with Crippen molar-refractivity contribution >= 4 is 35.7 Å². The van der Waals surface area contributed by atoms with Crippen molar-refractivity contribution in [2.75, 3.05) is 7.05 Å². The van der Waals surface area contributed by atoms with E-state index in [0.717, 1.165) is 0 Å². The summed E-state index contributed by atoms with van der Waals surface area (Å²) in [6.45, 7) is 0. The first-order chi connectivity index (χ1) is 4.00. The van der Waals surface area contributed by atoms with Gasteiger partial charge >= 0.3 is 29.6 Å². The number of hydrogen-bond acceptors (Lipinski definition) is 2. The normalized spacial score (nSPS) is 5.90. The molecule has 0 aliphatic carbocycles. The van der Waals surface area contributed by atoms with Crippen LogP contribution in [-0.4, -0.2) is 17.5 Å². The SMILES string of the molecule is CNC(=O)S.NC(=O)S.[H-].[Na+]. The van der Waals surface area contributed by atoms with Gasteiger partial charge in [-0.05, 0) is 0 Å². The van der Waals surface area contributed by atoms with Crippen LogP contribution in [0.3, 0.4) is 0 Å². The molecule has 0 aromatic carbocycles. The Morgan fingerprint density at radius 1 is 1.50 bits per heavy atom. The number of thiol groups is 2. The van der Waals surface area contributed by atoms with Crippen LogP contribution in [0.1, 0.15) is 1.43 Å². The minimum atomic E-state index is -0.639. The van der Waals surface area contributed by atoms with Gasteiger partial charge < -0.3 is 12.5 Å². The molecule has 0 aliphatic heterocycles. The molecule has 7 heteroatoms. The molecule has 0 fully saturated rings.